The second kappa shape index (κ2) is 3.89. The fourth-order valence-electron chi connectivity index (χ4n) is 0.834. The van der Waals surface area contributed by atoms with Crippen LogP contribution in [0.2, 0.25) is 0 Å². The molecule has 4 nitrogen and oxygen atoms in total. The van der Waals surface area contributed by atoms with Crippen LogP contribution in [-0.4, -0.2) is 22.2 Å². The standard InChI is InChI=1S/C9H11NO3/c1-6-5-10-4-3-8(6)13-7(2)9(11)12/h3-5,7H,1-2H3,(H,11,12). The van der Waals surface area contributed by atoms with Crippen LogP contribution in [0.5, 0.6) is 5.75 Å². The van der Waals surface area contributed by atoms with Gasteiger partial charge in [-0.25, -0.2) is 4.79 Å². The number of ether oxygens (including phenoxy) is 1. The number of hydrogen-bond donors (Lipinski definition) is 1. The van der Waals surface area contributed by atoms with Gasteiger partial charge < -0.3 is 9.84 Å². The Balaban J connectivity index is 2.74. The maximum atomic E-state index is 10.5. The molecule has 0 aliphatic rings. The normalized spacial score (nSPS) is 12.2. The molecular formula is C9H11NO3. The lowest BCUT2D eigenvalue weighted by atomic mass is 10.3. The molecule has 0 aromatic carbocycles. The summed E-state index contributed by atoms with van der Waals surface area (Å²) in [5, 5.41) is 8.59. The summed E-state index contributed by atoms with van der Waals surface area (Å²) in [6.07, 6.45) is 2.36. The zero-order valence-corrected chi connectivity index (χ0v) is 7.52. The topological polar surface area (TPSA) is 59.4 Å². The van der Waals surface area contributed by atoms with E-state index in [2.05, 4.69) is 4.98 Å². The summed E-state index contributed by atoms with van der Waals surface area (Å²) in [5.74, 6) is -0.416. The van der Waals surface area contributed by atoms with Crippen molar-refractivity contribution in [2.45, 2.75) is 20.0 Å². The molecule has 0 radical (unpaired) electrons. The van der Waals surface area contributed by atoms with Gasteiger partial charge in [0, 0.05) is 18.0 Å². The average Bonchev–Trinajstić information content (AvgIpc) is 2.08. The first kappa shape index (κ1) is 9.51. The Morgan fingerprint density at radius 1 is 1.69 bits per heavy atom. The van der Waals surface area contributed by atoms with E-state index >= 15 is 0 Å². The molecule has 70 valence electrons. The van der Waals surface area contributed by atoms with Crippen LogP contribution in [0.25, 0.3) is 0 Å². The predicted octanol–water partition coefficient (Wildman–Crippen LogP) is 1.24. The van der Waals surface area contributed by atoms with Gasteiger partial charge in [0.2, 0.25) is 0 Å². The van der Waals surface area contributed by atoms with E-state index in [4.69, 9.17) is 9.84 Å². The van der Waals surface area contributed by atoms with Crippen LogP contribution in [-0.2, 0) is 4.79 Å². The Kier molecular flexibility index (Phi) is 2.84. The van der Waals surface area contributed by atoms with Crippen molar-refractivity contribution >= 4 is 5.97 Å². The summed E-state index contributed by atoms with van der Waals surface area (Å²) in [6, 6.07) is 1.65. The first-order chi connectivity index (χ1) is 6.11. The highest BCUT2D eigenvalue weighted by Crippen LogP contribution is 2.16. The van der Waals surface area contributed by atoms with Crippen molar-refractivity contribution in [1.29, 1.82) is 0 Å². The van der Waals surface area contributed by atoms with E-state index in [0.717, 1.165) is 5.56 Å². The number of rotatable bonds is 3. The molecule has 13 heavy (non-hydrogen) atoms. The van der Waals surface area contributed by atoms with Crippen LogP contribution in [0, 0.1) is 6.92 Å². The van der Waals surface area contributed by atoms with Crippen molar-refractivity contribution < 1.29 is 14.6 Å². The molecule has 4 heteroatoms. The molecule has 1 rings (SSSR count). The maximum Gasteiger partial charge on any atom is 0.344 e. The van der Waals surface area contributed by atoms with Crippen LogP contribution in [0.4, 0.5) is 0 Å². The number of aryl methyl sites for hydroxylation is 1. The van der Waals surface area contributed by atoms with Gasteiger partial charge in [0.1, 0.15) is 5.75 Å². The fourth-order valence-corrected chi connectivity index (χ4v) is 0.834. The minimum Gasteiger partial charge on any atom is -0.479 e. The van der Waals surface area contributed by atoms with E-state index in [1.54, 1.807) is 18.5 Å². The molecule has 0 bridgehead atoms. The van der Waals surface area contributed by atoms with Gasteiger partial charge in [-0.05, 0) is 19.9 Å². The number of nitrogens with zero attached hydrogens (tertiary/aromatic N) is 1. The molecule has 1 atom stereocenters. The highest BCUT2D eigenvalue weighted by atomic mass is 16.5. The Labute approximate surface area is 76.2 Å². The molecule has 0 saturated carbocycles. The lowest BCUT2D eigenvalue weighted by Crippen LogP contribution is -2.23. The van der Waals surface area contributed by atoms with Gasteiger partial charge in [0.15, 0.2) is 6.10 Å². The molecule has 1 aromatic rings. The quantitative estimate of drug-likeness (QED) is 0.762. The lowest BCUT2D eigenvalue weighted by molar-refractivity contribution is -0.144. The smallest absolute Gasteiger partial charge is 0.344 e. The first-order valence-electron chi connectivity index (χ1n) is 3.91. The zero-order chi connectivity index (χ0) is 9.84. The SMILES string of the molecule is Cc1cnccc1OC(C)C(=O)O. The predicted molar refractivity (Wildman–Crippen MR) is 46.7 cm³/mol. The van der Waals surface area contributed by atoms with Gasteiger partial charge >= 0.3 is 5.97 Å². The second-order valence-corrected chi connectivity index (χ2v) is 2.74. The van der Waals surface area contributed by atoms with Gasteiger partial charge in [-0.1, -0.05) is 0 Å². The number of carboxylic acid groups (broad SMARTS) is 1. The van der Waals surface area contributed by atoms with Gasteiger partial charge in [0.05, 0.1) is 0 Å². The fraction of sp³-hybridized carbons (Fsp3) is 0.333. The minimum absolute atomic E-state index is 0.560. The Hall–Kier alpha value is -1.58. The van der Waals surface area contributed by atoms with Crippen molar-refractivity contribution in [1.82, 2.24) is 4.98 Å². The molecule has 0 aliphatic heterocycles. The van der Waals surface area contributed by atoms with Crippen LogP contribution in [0.15, 0.2) is 18.5 Å². The van der Waals surface area contributed by atoms with Crippen LogP contribution in [0.3, 0.4) is 0 Å². The van der Waals surface area contributed by atoms with E-state index in [9.17, 15) is 4.79 Å². The van der Waals surface area contributed by atoms with E-state index in [1.165, 1.54) is 6.92 Å². The lowest BCUT2D eigenvalue weighted by Gasteiger charge is -2.11. The van der Waals surface area contributed by atoms with Gasteiger partial charge in [-0.3, -0.25) is 4.98 Å². The van der Waals surface area contributed by atoms with Crippen molar-refractivity contribution in [2.75, 3.05) is 0 Å². The molecule has 0 fully saturated rings. The van der Waals surface area contributed by atoms with Crippen molar-refractivity contribution in [3.8, 4) is 5.75 Å². The molecule has 1 unspecified atom stereocenters. The third kappa shape index (κ3) is 2.43. The van der Waals surface area contributed by atoms with Crippen LogP contribution < -0.4 is 4.74 Å². The van der Waals surface area contributed by atoms with Crippen LogP contribution in [0.1, 0.15) is 12.5 Å². The van der Waals surface area contributed by atoms with E-state index in [-0.39, 0.29) is 0 Å². The number of aromatic nitrogens is 1. The Morgan fingerprint density at radius 2 is 2.38 bits per heavy atom. The number of aliphatic carboxylic acids is 1. The monoisotopic (exact) mass is 181 g/mol. The summed E-state index contributed by atoms with van der Waals surface area (Å²) in [4.78, 5) is 14.3. The number of hydrogen-bond acceptors (Lipinski definition) is 3. The molecule has 1 heterocycles. The third-order valence-electron chi connectivity index (χ3n) is 1.62. The van der Waals surface area contributed by atoms with Crippen molar-refractivity contribution in [3.05, 3.63) is 24.0 Å². The minimum atomic E-state index is -0.976. The van der Waals surface area contributed by atoms with Gasteiger partial charge in [-0.15, -0.1) is 0 Å². The molecule has 0 saturated heterocycles. The number of pyridine rings is 1. The maximum absolute atomic E-state index is 10.5. The average molecular weight is 181 g/mol. The summed E-state index contributed by atoms with van der Waals surface area (Å²) >= 11 is 0. The summed E-state index contributed by atoms with van der Waals surface area (Å²) in [5.41, 5.74) is 0.829. The van der Waals surface area contributed by atoms with E-state index in [1.807, 2.05) is 6.92 Å². The molecule has 0 amide bonds. The van der Waals surface area contributed by atoms with Gasteiger partial charge in [-0.2, -0.15) is 0 Å². The third-order valence-corrected chi connectivity index (χ3v) is 1.62. The van der Waals surface area contributed by atoms with E-state index < -0.39 is 12.1 Å². The highest BCUT2D eigenvalue weighted by molar-refractivity contribution is 5.72. The van der Waals surface area contributed by atoms with E-state index in [0.29, 0.717) is 5.75 Å². The van der Waals surface area contributed by atoms with Crippen LogP contribution >= 0.6 is 0 Å². The van der Waals surface area contributed by atoms with Crippen molar-refractivity contribution in [3.63, 3.8) is 0 Å². The molecule has 0 aliphatic carbocycles. The number of carbonyl (C=O) groups is 1. The molecular weight excluding hydrogens is 170 g/mol. The molecule has 1 N–H and O–H groups in total. The number of carboxylic acids is 1. The Morgan fingerprint density at radius 3 is 2.92 bits per heavy atom. The van der Waals surface area contributed by atoms with Crippen molar-refractivity contribution in [2.24, 2.45) is 0 Å². The largest absolute Gasteiger partial charge is 0.479 e. The van der Waals surface area contributed by atoms with Gasteiger partial charge in [0.25, 0.3) is 0 Å². The molecule has 0 spiro atoms. The summed E-state index contributed by atoms with van der Waals surface area (Å²) in [7, 11) is 0. The molecule has 1 aromatic heterocycles. The zero-order valence-electron chi connectivity index (χ0n) is 7.52. The summed E-state index contributed by atoms with van der Waals surface area (Å²) < 4.78 is 5.17. The summed E-state index contributed by atoms with van der Waals surface area (Å²) in [6.45, 7) is 3.30. The first-order valence-corrected chi connectivity index (χ1v) is 3.91. The highest BCUT2D eigenvalue weighted by Gasteiger charge is 2.12. The Bertz CT molecular complexity index is 311. The second-order valence-electron chi connectivity index (χ2n) is 2.74.